The number of benzene rings is 1. The van der Waals surface area contributed by atoms with Gasteiger partial charge in [0.05, 0.1) is 12.0 Å². The van der Waals surface area contributed by atoms with Crippen molar-refractivity contribution in [2.75, 3.05) is 11.9 Å². The first kappa shape index (κ1) is 14.6. The number of carbonyl (C=O) groups is 1. The monoisotopic (exact) mass is 300 g/mol. The molecule has 1 aliphatic heterocycles. The van der Waals surface area contributed by atoms with Gasteiger partial charge in [-0.05, 0) is 36.8 Å². The summed E-state index contributed by atoms with van der Waals surface area (Å²) in [6, 6.07) is 11.4. The largest absolute Gasteiger partial charge is 0.310 e. The Bertz CT molecular complexity index is 674. The zero-order valence-electron chi connectivity index (χ0n) is 12.1. The van der Waals surface area contributed by atoms with Gasteiger partial charge in [-0.25, -0.2) is 14.8 Å². The molecule has 2 heterocycles. The zero-order chi connectivity index (χ0) is 15.5. The van der Waals surface area contributed by atoms with Gasteiger partial charge in [0.25, 0.3) is 0 Å². The second-order valence-electron chi connectivity index (χ2n) is 5.31. The molecular formula is C16H17FN4O. The minimum Gasteiger partial charge on any atom is -0.310 e. The summed E-state index contributed by atoms with van der Waals surface area (Å²) in [5.41, 5.74) is 7.76. The maximum absolute atomic E-state index is 13.0. The van der Waals surface area contributed by atoms with E-state index in [9.17, 15) is 9.18 Å². The van der Waals surface area contributed by atoms with E-state index in [0.29, 0.717) is 12.4 Å². The molecule has 1 fully saturated rings. The topological polar surface area (TPSA) is 66.1 Å². The third-order valence-corrected chi connectivity index (χ3v) is 3.69. The molecule has 2 atom stereocenters. The number of hydrogen-bond donors (Lipinski definition) is 3. The van der Waals surface area contributed by atoms with Gasteiger partial charge >= 0.3 is 0 Å². The minimum atomic E-state index is -0.298. The van der Waals surface area contributed by atoms with E-state index in [-0.39, 0.29) is 23.7 Å². The van der Waals surface area contributed by atoms with E-state index < -0.39 is 0 Å². The van der Waals surface area contributed by atoms with Gasteiger partial charge in [-0.3, -0.25) is 10.2 Å². The summed E-state index contributed by atoms with van der Waals surface area (Å²) in [6.07, 6.45) is 0. The Morgan fingerprint density at radius 3 is 2.77 bits per heavy atom. The second-order valence-corrected chi connectivity index (χ2v) is 5.31. The van der Waals surface area contributed by atoms with Crippen LogP contribution in [0, 0.1) is 18.7 Å². The van der Waals surface area contributed by atoms with E-state index in [1.54, 1.807) is 18.2 Å². The lowest BCUT2D eigenvalue weighted by molar-refractivity contribution is -0.119. The summed E-state index contributed by atoms with van der Waals surface area (Å²) < 4.78 is 13.0. The van der Waals surface area contributed by atoms with Crippen LogP contribution >= 0.6 is 0 Å². The van der Waals surface area contributed by atoms with Gasteiger partial charge in [0.2, 0.25) is 5.91 Å². The predicted molar refractivity (Wildman–Crippen MR) is 81.4 cm³/mol. The fourth-order valence-corrected chi connectivity index (χ4v) is 2.56. The fourth-order valence-electron chi connectivity index (χ4n) is 2.56. The SMILES string of the molecule is Cc1cccc(NC(=O)C2CNNC2c2ccc(F)cc2)n1. The summed E-state index contributed by atoms with van der Waals surface area (Å²) in [4.78, 5) is 16.7. The molecule has 2 aromatic rings. The highest BCUT2D eigenvalue weighted by molar-refractivity contribution is 5.92. The van der Waals surface area contributed by atoms with E-state index in [0.717, 1.165) is 11.3 Å². The van der Waals surface area contributed by atoms with Gasteiger partial charge in [-0.2, -0.15) is 0 Å². The van der Waals surface area contributed by atoms with Gasteiger partial charge in [0, 0.05) is 12.2 Å². The van der Waals surface area contributed by atoms with Crippen molar-refractivity contribution in [3.05, 3.63) is 59.5 Å². The molecule has 0 spiro atoms. The summed E-state index contributed by atoms with van der Waals surface area (Å²) in [7, 11) is 0. The molecule has 1 aromatic carbocycles. The van der Waals surface area contributed by atoms with Gasteiger partial charge in [0.1, 0.15) is 11.6 Å². The molecule has 114 valence electrons. The maximum Gasteiger partial charge on any atom is 0.231 e. The molecule has 3 N–H and O–H groups in total. The van der Waals surface area contributed by atoms with Crippen LogP contribution < -0.4 is 16.2 Å². The van der Waals surface area contributed by atoms with Crippen molar-refractivity contribution in [3.63, 3.8) is 0 Å². The molecule has 2 unspecified atom stereocenters. The molecule has 1 aromatic heterocycles. The van der Waals surface area contributed by atoms with Crippen molar-refractivity contribution in [1.82, 2.24) is 15.8 Å². The average molecular weight is 300 g/mol. The first-order valence-electron chi connectivity index (χ1n) is 7.12. The third-order valence-electron chi connectivity index (χ3n) is 3.69. The molecule has 22 heavy (non-hydrogen) atoms. The van der Waals surface area contributed by atoms with Crippen LogP contribution in [0.1, 0.15) is 17.3 Å². The van der Waals surface area contributed by atoms with Crippen LogP contribution in [0.3, 0.4) is 0 Å². The van der Waals surface area contributed by atoms with Crippen LogP contribution in [-0.4, -0.2) is 17.4 Å². The predicted octanol–water partition coefficient (Wildman–Crippen LogP) is 1.93. The quantitative estimate of drug-likeness (QED) is 0.810. The van der Waals surface area contributed by atoms with Crippen LogP contribution in [-0.2, 0) is 4.79 Å². The molecule has 3 rings (SSSR count). The average Bonchev–Trinajstić information content (AvgIpc) is 2.97. The first-order chi connectivity index (χ1) is 10.6. The molecule has 0 aliphatic carbocycles. The summed E-state index contributed by atoms with van der Waals surface area (Å²) in [5.74, 6) is -0.174. The third kappa shape index (κ3) is 3.13. The lowest BCUT2D eigenvalue weighted by Gasteiger charge is -2.18. The maximum atomic E-state index is 13.0. The van der Waals surface area contributed by atoms with Gasteiger partial charge in [-0.15, -0.1) is 0 Å². The molecule has 1 saturated heterocycles. The Hall–Kier alpha value is -2.31. The van der Waals surface area contributed by atoms with E-state index in [1.807, 2.05) is 19.1 Å². The number of rotatable bonds is 3. The highest BCUT2D eigenvalue weighted by atomic mass is 19.1. The number of nitrogens with one attached hydrogen (secondary N) is 3. The summed E-state index contributed by atoms with van der Waals surface area (Å²) >= 11 is 0. The standard InChI is InChI=1S/C16H17FN4O/c1-10-3-2-4-14(19-10)20-16(22)13-9-18-21-15(13)11-5-7-12(17)8-6-11/h2-8,13,15,18,21H,9H2,1H3,(H,19,20,22). The summed E-state index contributed by atoms with van der Waals surface area (Å²) in [5, 5.41) is 2.83. The number of amides is 1. The lowest BCUT2D eigenvalue weighted by Crippen LogP contribution is -2.30. The number of aromatic nitrogens is 1. The molecule has 1 aliphatic rings. The number of halogens is 1. The highest BCUT2D eigenvalue weighted by Gasteiger charge is 2.34. The summed E-state index contributed by atoms with van der Waals surface area (Å²) in [6.45, 7) is 2.37. The molecule has 0 saturated carbocycles. The second kappa shape index (κ2) is 6.21. The molecule has 0 bridgehead atoms. The van der Waals surface area contributed by atoms with E-state index >= 15 is 0 Å². The Kier molecular flexibility index (Phi) is 4.13. The van der Waals surface area contributed by atoms with Crippen LogP contribution in [0.5, 0.6) is 0 Å². The Balaban J connectivity index is 1.75. The number of carbonyl (C=O) groups excluding carboxylic acids is 1. The molecular weight excluding hydrogens is 283 g/mol. The van der Waals surface area contributed by atoms with Crippen molar-refractivity contribution in [2.24, 2.45) is 5.92 Å². The first-order valence-corrected chi connectivity index (χ1v) is 7.12. The lowest BCUT2D eigenvalue weighted by atomic mass is 9.94. The Morgan fingerprint density at radius 1 is 1.27 bits per heavy atom. The van der Waals surface area contributed by atoms with Crippen LogP contribution in [0.4, 0.5) is 10.2 Å². The van der Waals surface area contributed by atoms with E-state index in [4.69, 9.17) is 0 Å². The Morgan fingerprint density at radius 2 is 2.05 bits per heavy atom. The van der Waals surface area contributed by atoms with Gasteiger partial charge in [-0.1, -0.05) is 18.2 Å². The minimum absolute atomic E-state index is 0.120. The van der Waals surface area contributed by atoms with Gasteiger partial charge < -0.3 is 5.32 Å². The van der Waals surface area contributed by atoms with Crippen molar-refractivity contribution < 1.29 is 9.18 Å². The Labute approximate surface area is 127 Å². The molecule has 6 heteroatoms. The molecule has 1 amide bonds. The van der Waals surface area contributed by atoms with Crippen LogP contribution in [0.2, 0.25) is 0 Å². The van der Waals surface area contributed by atoms with Crippen molar-refractivity contribution in [2.45, 2.75) is 13.0 Å². The fraction of sp³-hybridized carbons (Fsp3) is 0.250. The number of hydrazine groups is 1. The number of pyridine rings is 1. The van der Waals surface area contributed by atoms with Gasteiger partial charge in [0.15, 0.2) is 0 Å². The number of nitrogens with zero attached hydrogens (tertiary/aromatic N) is 1. The van der Waals surface area contributed by atoms with E-state index in [2.05, 4.69) is 21.2 Å². The van der Waals surface area contributed by atoms with Crippen LogP contribution in [0.15, 0.2) is 42.5 Å². The number of aryl methyl sites for hydroxylation is 1. The molecule has 0 radical (unpaired) electrons. The normalized spacial score (nSPS) is 20.8. The number of hydrogen-bond acceptors (Lipinski definition) is 4. The molecule has 5 nitrogen and oxygen atoms in total. The van der Waals surface area contributed by atoms with Crippen molar-refractivity contribution in [1.29, 1.82) is 0 Å². The van der Waals surface area contributed by atoms with E-state index in [1.165, 1.54) is 12.1 Å². The number of anilines is 1. The smallest absolute Gasteiger partial charge is 0.231 e. The van der Waals surface area contributed by atoms with Crippen LogP contribution in [0.25, 0.3) is 0 Å². The van der Waals surface area contributed by atoms with Crippen molar-refractivity contribution in [3.8, 4) is 0 Å². The van der Waals surface area contributed by atoms with Crippen molar-refractivity contribution >= 4 is 11.7 Å². The highest BCUT2D eigenvalue weighted by Crippen LogP contribution is 2.26. The zero-order valence-corrected chi connectivity index (χ0v) is 12.1.